The van der Waals surface area contributed by atoms with Crippen LogP contribution in [0, 0.1) is 0 Å². The molecule has 6 unspecified atom stereocenters. The molecule has 0 amide bonds. The highest BCUT2D eigenvalue weighted by Crippen LogP contribution is 2.27. The van der Waals surface area contributed by atoms with E-state index in [9.17, 15) is 34.5 Å². The molecule has 0 spiro atoms. The molecule has 0 aliphatic carbocycles. The highest BCUT2D eigenvalue weighted by atomic mass is 16.7. The molecule has 0 bridgehead atoms. The van der Waals surface area contributed by atoms with Crippen molar-refractivity contribution in [2.45, 2.75) is 353 Å². The second kappa shape index (κ2) is 57.1. The number of aliphatic hydroxyl groups is 2. The number of carbonyl (C=O) groups is 4. The summed E-state index contributed by atoms with van der Waals surface area (Å²) in [5.41, 5.74) is 0. The lowest BCUT2D eigenvalue weighted by Gasteiger charge is -2.40. The predicted molar refractivity (Wildman–Crippen MR) is 331 cm³/mol. The maximum absolute atomic E-state index is 13.2. The standard InChI is InChI=1S/C69H122O12/c1-4-7-10-13-16-19-22-25-28-30-31-33-36-39-42-45-48-51-54-57-63(72)80-67-65(74)64(73)66(68(75)76)81-69(67)78-59-60(79-62(71)56-53-50-47-44-41-38-34-27-24-21-18-15-12-9-6-3)58-77-61(70)55-52-49-46-43-40-37-35-32-29-26-23-20-17-14-11-8-5-2/h16,18-19,21,25,27-28,34,60,64-67,69,73-74H,4-15,17,20,22-24,26,29-33,35-59H2,1-3H3,(H,75,76)/b19-16-,21-18-,28-25-,34-27-. The van der Waals surface area contributed by atoms with Crippen molar-refractivity contribution in [3.8, 4) is 0 Å². The first-order chi connectivity index (χ1) is 39.6. The molecular weight excluding hydrogens is 1020 g/mol. The van der Waals surface area contributed by atoms with E-state index >= 15 is 0 Å². The maximum atomic E-state index is 13.2. The summed E-state index contributed by atoms with van der Waals surface area (Å²) in [5, 5.41) is 31.6. The van der Waals surface area contributed by atoms with E-state index in [4.69, 9.17) is 23.7 Å². The third-order valence-electron chi connectivity index (χ3n) is 15.4. The molecule has 0 radical (unpaired) electrons. The Balaban J connectivity index is 2.64. The first-order valence-electron chi connectivity index (χ1n) is 33.6. The van der Waals surface area contributed by atoms with E-state index in [1.807, 2.05) is 0 Å². The van der Waals surface area contributed by atoms with Gasteiger partial charge in [-0.1, -0.05) is 262 Å². The summed E-state index contributed by atoms with van der Waals surface area (Å²) < 4.78 is 28.6. The van der Waals surface area contributed by atoms with Crippen LogP contribution in [0.1, 0.15) is 316 Å². The van der Waals surface area contributed by atoms with Crippen molar-refractivity contribution in [1.82, 2.24) is 0 Å². The molecule has 0 saturated carbocycles. The molecule has 1 aliphatic rings. The quantitative estimate of drug-likeness (QED) is 0.0228. The molecule has 0 aromatic rings. The Hall–Kier alpha value is -3.32. The zero-order chi connectivity index (χ0) is 58.9. The lowest BCUT2D eigenvalue weighted by molar-refractivity contribution is -0.301. The van der Waals surface area contributed by atoms with Crippen LogP contribution in [0.4, 0.5) is 0 Å². The van der Waals surface area contributed by atoms with Crippen LogP contribution in [0.15, 0.2) is 48.6 Å². The number of esters is 3. The van der Waals surface area contributed by atoms with Crippen LogP contribution in [-0.4, -0.2) is 89.2 Å². The SMILES string of the molecule is CCCCC/C=C\C/C=C\CCCCCCCCCCCC(=O)OC1C(OCC(COC(=O)CCCCCCCCCCCCCCCCCCC)OC(=O)CCCCCCC/C=C\C/C=C\CCCCC)OC(C(=O)O)C(O)C1O. The van der Waals surface area contributed by atoms with Crippen molar-refractivity contribution >= 4 is 23.9 Å². The van der Waals surface area contributed by atoms with Gasteiger partial charge in [-0.15, -0.1) is 0 Å². The van der Waals surface area contributed by atoms with Crippen molar-refractivity contribution < 1.29 is 58.2 Å². The number of hydrogen-bond donors (Lipinski definition) is 3. The number of hydrogen-bond acceptors (Lipinski definition) is 11. The van der Waals surface area contributed by atoms with E-state index in [0.29, 0.717) is 19.3 Å². The van der Waals surface area contributed by atoms with Gasteiger partial charge in [-0.3, -0.25) is 14.4 Å². The molecule has 1 rings (SSSR count). The molecule has 12 heteroatoms. The van der Waals surface area contributed by atoms with Crippen LogP contribution in [0.3, 0.4) is 0 Å². The minimum Gasteiger partial charge on any atom is -0.479 e. The number of allylic oxidation sites excluding steroid dienone is 8. The molecule has 1 aliphatic heterocycles. The minimum absolute atomic E-state index is 0.0559. The fraction of sp³-hybridized carbons (Fsp3) is 0.826. The summed E-state index contributed by atoms with van der Waals surface area (Å²) in [7, 11) is 0. The highest BCUT2D eigenvalue weighted by Gasteiger charge is 2.50. The lowest BCUT2D eigenvalue weighted by atomic mass is 9.98. The van der Waals surface area contributed by atoms with Crippen LogP contribution in [0.2, 0.25) is 0 Å². The number of carbonyl (C=O) groups excluding carboxylic acids is 3. The van der Waals surface area contributed by atoms with Gasteiger partial charge < -0.3 is 39.0 Å². The van der Waals surface area contributed by atoms with E-state index in [0.717, 1.165) is 103 Å². The second-order valence-corrected chi connectivity index (χ2v) is 23.1. The van der Waals surface area contributed by atoms with Gasteiger partial charge in [0, 0.05) is 19.3 Å². The van der Waals surface area contributed by atoms with E-state index in [-0.39, 0.29) is 25.9 Å². The fourth-order valence-electron chi connectivity index (χ4n) is 10.2. The summed E-state index contributed by atoms with van der Waals surface area (Å²) in [6, 6.07) is 0. The van der Waals surface area contributed by atoms with Crippen molar-refractivity contribution in [2.24, 2.45) is 0 Å². The number of ether oxygens (including phenoxy) is 5. The third-order valence-corrected chi connectivity index (χ3v) is 15.4. The third kappa shape index (κ3) is 46.7. The molecule has 1 heterocycles. The molecule has 470 valence electrons. The Morgan fingerprint density at radius 2 is 0.741 bits per heavy atom. The van der Waals surface area contributed by atoms with Crippen molar-refractivity contribution in [3.05, 3.63) is 48.6 Å². The van der Waals surface area contributed by atoms with Gasteiger partial charge in [0.05, 0.1) is 6.61 Å². The van der Waals surface area contributed by atoms with Crippen molar-refractivity contribution in [3.63, 3.8) is 0 Å². The van der Waals surface area contributed by atoms with Gasteiger partial charge in [0.15, 0.2) is 24.6 Å². The van der Waals surface area contributed by atoms with Crippen LogP contribution >= 0.6 is 0 Å². The van der Waals surface area contributed by atoms with E-state index < -0.39 is 67.3 Å². The average molecular weight is 1140 g/mol. The van der Waals surface area contributed by atoms with Crippen LogP contribution < -0.4 is 0 Å². The Kier molecular flexibility index (Phi) is 53.4. The van der Waals surface area contributed by atoms with Crippen LogP contribution in [0.25, 0.3) is 0 Å². The Labute approximate surface area is 494 Å². The van der Waals surface area contributed by atoms with E-state index in [1.165, 1.54) is 154 Å². The normalized spacial score (nSPS) is 18.0. The fourth-order valence-corrected chi connectivity index (χ4v) is 10.2. The summed E-state index contributed by atoms with van der Waals surface area (Å²) in [6.45, 7) is 5.98. The van der Waals surface area contributed by atoms with Crippen molar-refractivity contribution in [1.29, 1.82) is 0 Å². The van der Waals surface area contributed by atoms with E-state index in [1.54, 1.807) is 0 Å². The minimum atomic E-state index is -1.91. The number of carboxylic acids is 1. The second-order valence-electron chi connectivity index (χ2n) is 23.1. The molecule has 3 N–H and O–H groups in total. The summed E-state index contributed by atoms with van der Waals surface area (Å²) in [6.07, 6.45) is 57.7. The van der Waals surface area contributed by atoms with Crippen LogP contribution in [0.5, 0.6) is 0 Å². The lowest BCUT2D eigenvalue weighted by Crippen LogP contribution is -2.61. The van der Waals surface area contributed by atoms with Gasteiger partial charge in [0.25, 0.3) is 0 Å². The molecule has 1 saturated heterocycles. The van der Waals surface area contributed by atoms with E-state index in [2.05, 4.69) is 69.4 Å². The highest BCUT2D eigenvalue weighted by molar-refractivity contribution is 5.74. The monoisotopic (exact) mass is 1140 g/mol. The summed E-state index contributed by atoms with van der Waals surface area (Å²) in [4.78, 5) is 51.4. The van der Waals surface area contributed by atoms with Gasteiger partial charge >= 0.3 is 23.9 Å². The summed E-state index contributed by atoms with van der Waals surface area (Å²) >= 11 is 0. The molecule has 81 heavy (non-hydrogen) atoms. The van der Waals surface area contributed by atoms with Gasteiger partial charge in [0.2, 0.25) is 0 Å². The predicted octanol–water partition coefficient (Wildman–Crippen LogP) is 18.1. The average Bonchev–Trinajstić information content (AvgIpc) is 3.54. The number of unbranched alkanes of at least 4 members (excludes halogenated alkanes) is 36. The zero-order valence-corrected chi connectivity index (χ0v) is 52.0. The molecule has 0 aromatic carbocycles. The van der Waals surface area contributed by atoms with Gasteiger partial charge in [-0.25, -0.2) is 4.79 Å². The van der Waals surface area contributed by atoms with Gasteiger partial charge in [0.1, 0.15) is 18.8 Å². The van der Waals surface area contributed by atoms with Crippen LogP contribution in [-0.2, 0) is 42.9 Å². The number of carboxylic acid groups (broad SMARTS) is 1. The Morgan fingerprint density at radius 1 is 0.407 bits per heavy atom. The molecule has 1 fully saturated rings. The smallest absolute Gasteiger partial charge is 0.335 e. The van der Waals surface area contributed by atoms with Gasteiger partial charge in [-0.05, 0) is 83.5 Å². The Morgan fingerprint density at radius 3 is 1.14 bits per heavy atom. The number of rotatable bonds is 58. The summed E-state index contributed by atoms with van der Waals surface area (Å²) in [5.74, 6) is -3.11. The zero-order valence-electron chi connectivity index (χ0n) is 52.0. The first-order valence-corrected chi connectivity index (χ1v) is 33.6. The largest absolute Gasteiger partial charge is 0.479 e. The van der Waals surface area contributed by atoms with Crippen molar-refractivity contribution in [2.75, 3.05) is 13.2 Å². The molecule has 12 nitrogen and oxygen atoms in total. The first kappa shape index (κ1) is 75.7. The Bertz CT molecular complexity index is 1590. The topological polar surface area (TPSA) is 175 Å². The number of aliphatic hydroxyl groups excluding tert-OH is 2. The molecule has 0 aromatic heterocycles. The number of aliphatic carboxylic acids is 1. The molecular formula is C69H122O12. The maximum Gasteiger partial charge on any atom is 0.335 e. The molecule has 6 atom stereocenters. The van der Waals surface area contributed by atoms with Gasteiger partial charge in [-0.2, -0.15) is 0 Å².